The van der Waals surface area contributed by atoms with Crippen LogP contribution >= 0.6 is 0 Å². The molecule has 0 unspecified atom stereocenters. The predicted molar refractivity (Wildman–Crippen MR) is 81.2 cm³/mol. The van der Waals surface area contributed by atoms with E-state index in [1.807, 2.05) is 23.5 Å². The number of hydrogen-bond donors (Lipinski definition) is 1. The molecule has 2 heterocycles. The number of rotatable bonds is 3. The van der Waals surface area contributed by atoms with Crippen LogP contribution in [-0.4, -0.2) is 14.5 Å². The summed E-state index contributed by atoms with van der Waals surface area (Å²) in [6, 6.07) is 12.6. The Morgan fingerprint density at radius 1 is 1.27 bits per heavy atom. The van der Waals surface area contributed by atoms with Gasteiger partial charge in [0.1, 0.15) is 5.65 Å². The van der Waals surface area contributed by atoms with Gasteiger partial charge in [-0.15, -0.1) is 10.2 Å². The first kappa shape index (κ1) is 13.9. The van der Waals surface area contributed by atoms with Crippen LogP contribution < -0.4 is 0 Å². The highest BCUT2D eigenvalue weighted by Gasteiger charge is 2.08. The fourth-order valence-electron chi connectivity index (χ4n) is 2.15. The molecule has 1 N–H and O–H groups in total. The Labute approximate surface area is 127 Å². The molecule has 2 aromatic heterocycles. The third kappa shape index (κ3) is 2.57. The lowest BCUT2D eigenvalue weighted by atomic mass is 10.2. The number of imidazole rings is 1. The van der Waals surface area contributed by atoms with Crippen LogP contribution in [0.3, 0.4) is 0 Å². The van der Waals surface area contributed by atoms with E-state index in [4.69, 9.17) is 10.4 Å². The van der Waals surface area contributed by atoms with Crippen molar-refractivity contribution in [3.05, 3.63) is 59.4 Å². The Bertz CT molecular complexity index is 905. The van der Waals surface area contributed by atoms with Gasteiger partial charge in [0.25, 0.3) is 0 Å². The lowest BCUT2D eigenvalue weighted by Crippen LogP contribution is -1.88. The van der Waals surface area contributed by atoms with Gasteiger partial charge in [0, 0.05) is 6.20 Å². The van der Waals surface area contributed by atoms with E-state index in [0.29, 0.717) is 22.7 Å². The maximum Gasteiger partial charge on any atom is 0.182 e. The van der Waals surface area contributed by atoms with E-state index in [9.17, 15) is 0 Å². The molecule has 0 atom stereocenters. The highest BCUT2D eigenvalue weighted by Crippen LogP contribution is 2.24. The van der Waals surface area contributed by atoms with Crippen LogP contribution in [0.2, 0.25) is 0 Å². The third-order valence-corrected chi connectivity index (χ3v) is 3.25. The number of aryl methyl sites for hydroxylation is 1. The van der Waals surface area contributed by atoms with Crippen LogP contribution in [-0.2, 0) is 6.61 Å². The van der Waals surface area contributed by atoms with Crippen molar-refractivity contribution < 1.29 is 5.11 Å². The fourth-order valence-corrected chi connectivity index (χ4v) is 2.15. The van der Waals surface area contributed by atoms with Crippen LogP contribution in [0.25, 0.3) is 5.65 Å². The van der Waals surface area contributed by atoms with Crippen molar-refractivity contribution in [3.63, 3.8) is 0 Å². The summed E-state index contributed by atoms with van der Waals surface area (Å²) in [5.74, 6) is 0.627. The van der Waals surface area contributed by atoms with Gasteiger partial charge in [0.2, 0.25) is 0 Å². The van der Waals surface area contributed by atoms with Crippen LogP contribution in [0.5, 0.6) is 0 Å². The lowest BCUT2D eigenvalue weighted by molar-refractivity contribution is 0.282. The Morgan fingerprint density at radius 2 is 2.14 bits per heavy atom. The first-order valence-electron chi connectivity index (χ1n) is 6.71. The van der Waals surface area contributed by atoms with E-state index in [-0.39, 0.29) is 6.61 Å². The number of aromatic nitrogens is 2. The minimum absolute atomic E-state index is 0.0276. The molecule has 3 aromatic rings. The van der Waals surface area contributed by atoms with Gasteiger partial charge in [0.05, 0.1) is 29.6 Å². The number of aliphatic hydroxyl groups is 1. The molecule has 108 valence electrons. The van der Waals surface area contributed by atoms with Gasteiger partial charge in [-0.25, -0.2) is 4.98 Å². The SMILES string of the molecule is Cc1nc2cc(CO)ccn2c1N=Nc1cccc(C#N)c1. The number of nitriles is 1. The Kier molecular flexibility index (Phi) is 3.64. The molecule has 3 rings (SSSR count). The first-order chi connectivity index (χ1) is 10.7. The summed E-state index contributed by atoms with van der Waals surface area (Å²) < 4.78 is 1.81. The molecule has 0 aliphatic carbocycles. The number of benzene rings is 1. The summed E-state index contributed by atoms with van der Waals surface area (Å²) in [6.07, 6.45) is 1.81. The van der Waals surface area contributed by atoms with Crippen LogP contribution in [0.4, 0.5) is 11.5 Å². The van der Waals surface area contributed by atoms with Crippen molar-refractivity contribution in [1.29, 1.82) is 5.26 Å². The quantitative estimate of drug-likeness (QED) is 0.750. The second-order valence-corrected chi connectivity index (χ2v) is 4.80. The van der Waals surface area contributed by atoms with Crippen LogP contribution in [0.1, 0.15) is 16.8 Å². The van der Waals surface area contributed by atoms with E-state index >= 15 is 0 Å². The zero-order chi connectivity index (χ0) is 15.5. The van der Waals surface area contributed by atoms with Gasteiger partial charge in [-0.3, -0.25) is 4.40 Å². The largest absolute Gasteiger partial charge is 0.392 e. The molecule has 6 heteroatoms. The summed E-state index contributed by atoms with van der Waals surface area (Å²) in [7, 11) is 0. The zero-order valence-corrected chi connectivity index (χ0v) is 11.9. The van der Waals surface area contributed by atoms with Crippen LogP contribution in [0.15, 0.2) is 52.8 Å². The summed E-state index contributed by atoms with van der Waals surface area (Å²) >= 11 is 0. The number of pyridine rings is 1. The third-order valence-electron chi connectivity index (χ3n) is 3.25. The molecular formula is C16H13N5O. The highest BCUT2D eigenvalue weighted by atomic mass is 16.3. The van der Waals surface area contributed by atoms with Gasteiger partial charge in [0.15, 0.2) is 5.82 Å². The van der Waals surface area contributed by atoms with E-state index < -0.39 is 0 Å². The van der Waals surface area contributed by atoms with E-state index in [2.05, 4.69) is 21.3 Å². The lowest BCUT2D eigenvalue weighted by Gasteiger charge is -1.99. The van der Waals surface area contributed by atoms with E-state index in [0.717, 1.165) is 11.3 Å². The monoisotopic (exact) mass is 291 g/mol. The molecule has 0 bridgehead atoms. The molecule has 0 saturated carbocycles. The minimum Gasteiger partial charge on any atom is -0.392 e. The number of aliphatic hydroxyl groups excluding tert-OH is 1. The number of nitrogens with zero attached hydrogens (tertiary/aromatic N) is 5. The van der Waals surface area contributed by atoms with Crippen molar-refractivity contribution in [1.82, 2.24) is 9.38 Å². The van der Waals surface area contributed by atoms with Gasteiger partial charge in [-0.05, 0) is 42.8 Å². The summed E-state index contributed by atoms with van der Waals surface area (Å²) in [4.78, 5) is 4.41. The predicted octanol–water partition coefficient (Wildman–Crippen LogP) is 3.42. The van der Waals surface area contributed by atoms with Crippen molar-refractivity contribution in [3.8, 4) is 6.07 Å². The Hall–Kier alpha value is -3.04. The second kappa shape index (κ2) is 5.76. The Balaban J connectivity index is 2.01. The summed E-state index contributed by atoms with van der Waals surface area (Å²) in [5, 5.41) is 26.5. The molecule has 0 saturated heterocycles. The molecule has 0 aliphatic rings. The van der Waals surface area contributed by atoms with Crippen molar-refractivity contribution in [2.75, 3.05) is 0 Å². The average molecular weight is 291 g/mol. The molecule has 0 aliphatic heterocycles. The molecule has 1 aromatic carbocycles. The van der Waals surface area contributed by atoms with Gasteiger partial charge < -0.3 is 5.11 Å². The van der Waals surface area contributed by atoms with Gasteiger partial charge >= 0.3 is 0 Å². The standard InChI is InChI=1S/C16H13N5O/c1-11-16(20-19-14-4-2-3-12(7-14)9-17)21-6-5-13(10-22)8-15(21)18-11/h2-8,22H,10H2,1H3. The number of azo groups is 1. The van der Waals surface area contributed by atoms with E-state index in [1.165, 1.54) is 0 Å². The number of hydrogen-bond acceptors (Lipinski definition) is 5. The van der Waals surface area contributed by atoms with Gasteiger partial charge in [-0.2, -0.15) is 5.26 Å². The summed E-state index contributed by atoms with van der Waals surface area (Å²) in [5.41, 5.74) is 3.40. The summed E-state index contributed by atoms with van der Waals surface area (Å²) in [6.45, 7) is 1.83. The Morgan fingerprint density at radius 3 is 2.91 bits per heavy atom. The highest BCUT2D eigenvalue weighted by molar-refractivity contribution is 5.53. The number of fused-ring (bicyclic) bond motifs is 1. The maximum atomic E-state index is 9.17. The average Bonchev–Trinajstić information content (AvgIpc) is 2.87. The zero-order valence-electron chi connectivity index (χ0n) is 11.9. The minimum atomic E-state index is -0.0276. The topological polar surface area (TPSA) is 86.0 Å². The van der Waals surface area contributed by atoms with Crippen LogP contribution in [0, 0.1) is 18.3 Å². The molecule has 0 amide bonds. The normalized spacial score (nSPS) is 11.1. The molecule has 0 spiro atoms. The second-order valence-electron chi connectivity index (χ2n) is 4.80. The first-order valence-corrected chi connectivity index (χ1v) is 6.71. The fraction of sp³-hybridized carbons (Fsp3) is 0.125. The smallest absolute Gasteiger partial charge is 0.182 e. The maximum absolute atomic E-state index is 9.17. The molecular weight excluding hydrogens is 278 g/mol. The molecule has 22 heavy (non-hydrogen) atoms. The molecule has 0 radical (unpaired) electrons. The molecule has 0 fully saturated rings. The molecule has 6 nitrogen and oxygen atoms in total. The van der Waals surface area contributed by atoms with Gasteiger partial charge in [-0.1, -0.05) is 6.07 Å². The van der Waals surface area contributed by atoms with Crippen molar-refractivity contribution >= 4 is 17.2 Å². The van der Waals surface area contributed by atoms with Crippen molar-refractivity contribution in [2.24, 2.45) is 10.2 Å². The van der Waals surface area contributed by atoms with E-state index in [1.54, 1.807) is 30.5 Å². The van der Waals surface area contributed by atoms with Crippen molar-refractivity contribution in [2.45, 2.75) is 13.5 Å².